The van der Waals surface area contributed by atoms with Gasteiger partial charge in [0, 0.05) is 59.9 Å². The number of hydrogen-bond acceptors (Lipinski definition) is 13. The van der Waals surface area contributed by atoms with Gasteiger partial charge in [-0.3, -0.25) is 53.4 Å². The van der Waals surface area contributed by atoms with Crippen molar-refractivity contribution >= 4 is 58.9 Å². The highest BCUT2D eigenvalue weighted by atomic mass is 16.5. The molecule has 0 radical (unpaired) electrons. The number of aliphatic hydroxyl groups excluding tert-OH is 1. The van der Waals surface area contributed by atoms with Gasteiger partial charge < -0.3 is 45.2 Å². The number of aliphatic hydroxyl groups is 1. The highest BCUT2D eigenvalue weighted by Gasteiger charge is 2.47. The van der Waals surface area contributed by atoms with E-state index in [1.54, 1.807) is 68.1 Å². The molecule has 5 rings (SSSR count). The molecular formula is C62H94N8O12. The predicted molar refractivity (Wildman–Crippen MR) is 312 cm³/mol. The fourth-order valence-electron chi connectivity index (χ4n) is 12.1. The number of fused-ring (bicyclic) bond motifs is 1. The van der Waals surface area contributed by atoms with Gasteiger partial charge in [0.25, 0.3) is 11.8 Å². The number of rotatable bonds is 32. The second-order valence-electron chi connectivity index (χ2n) is 23.5. The van der Waals surface area contributed by atoms with Crippen LogP contribution in [0.4, 0.5) is 5.69 Å². The van der Waals surface area contributed by atoms with E-state index in [0.717, 1.165) is 43.4 Å². The van der Waals surface area contributed by atoms with Gasteiger partial charge in [-0.25, -0.2) is 0 Å². The number of likely N-dealkylation sites (N-methyl/N-ethyl adjacent to an activating group) is 2. The number of ether oxygens (including phenoxy) is 2. The first-order valence-electron chi connectivity index (χ1n) is 29.8. The zero-order valence-corrected chi connectivity index (χ0v) is 50.7. The Hall–Kier alpha value is -6.25. The third-order valence-electron chi connectivity index (χ3n) is 17.0. The highest BCUT2D eigenvalue weighted by Crippen LogP contribution is 2.34. The van der Waals surface area contributed by atoms with Crippen LogP contribution in [0.2, 0.25) is 0 Å². The molecule has 3 aliphatic rings. The van der Waals surface area contributed by atoms with Crippen LogP contribution in [0.5, 0.6) is 0 Å². The molecule has 2 saturated heterocycles. The maximum Gasteiger partial charge on any atom is 0.264 e. The van der Waals surface area contributed by atoms with E-state index in [0.29, 0.717) is 50.0 Å². The van der Waals surface area contributed by atoms with Crippen molar-refractivity contribution in [1.29, 1.82) is 0 Å². The molecule has 3 heterocycles. The van der Waals surface area contributed by atoms with E-state index in [1.807, 2.05) is 59.7 Å². The largest absolute Gasteiger partial charge is 0.386 e. The van der Waals surface area contributed by atoms with Gasteiger partial charge in [-0.2, -0.15) is 0 Å². The average molecular weight is 1140 g/mol. The minimum Gasteiger partial charge on any atom is -0.386 e. The van der Waals surface area contributed by atoms with E-state index in [4.69, 9.17) is 9.47 Å². The molecular weight excluding hydrogens is 1050 g/mol. The molecule has 82 heavy (non-hydrogen) atoms. The van der Waals surface area contributed by atoms with E-state index in [9.17, 15) is 48.3 Å². The first kappa shape index (κ1) is 66.5. The molecule has 20 nitrogen and oxygen atoms in total. The maximum atomic E-state index is 14.7. The summed E-state index contributed by atoms with van der Waals surface area (Å²) in [7, 11) is 6.39. The van der Waals surface area contributed by atoms with Gasteiger partial charge in [-0.05, 0) is 74.5 Å². The summed E-state index contributed by atoms with van der Waals surface area (Å²) in [6, 6.07) is 9.79. The summed E-state index contributed by atoms with van der Waals surface area (Å²) in [5, 5.41) is 22.4. The molecule has 5 N–H and O–H groups in total. The Balaban J connectivity index is 1.09. The van der Waals surface area contributed by atoms with Gasteiger partial charge >= 0.3 is 0 Å². The summed E-state index contributed by atoms with van der Waals surface area (Å²) < 4.78 is 12.1. The zero-order chi connectivity index (χ0) is 60.5. The smallest absolute Gasteiger partial charge is 0.264 e. The van der Waals surface area contributed by atoms with Crippen molar-refractivity contribution < 1.29 is 57.7 Å². The summed E-state index contributed by atoms with van der Waals surface area (Å²) in [5.41, 5.74) is 1.68. The molecule has 11 unspecified atom stereocenters. The number of carbonyl (C=O) groups is 9. The highest BCUT2D eigenvalue weighted by molar-refractivity contribution is 6.25. The fraction of sp³-hybridized carbons (Fsp3) is 0.661. The van der Waals surface area contributed by atoms with E-state index in [-0.39, 0.29) is 78.2 Å². The Morgan fingerprint density at radius 3 is 2.04 bits per heavy atom. The molecule has 0 aliphatic carbocycles. The van der Waals surface area contributed by atoms with Crippen molar-refractivity contribution in [2.75, 3.05) is 46.7 Å². The fourth-order valence-corrected chi connectivity index (χ4v) is 12.1. The van der Waals surface area contributed by atoms with Crippen LogP contribution in [0.15, 0.2) is 48.5 Å². The number of benzene rings is 2. The molecule has 0 spiro atoms. The number of nitrogens with zero attached hydrogens (tertiary/aromatic N) is 4. The van der Waals surface area contributed by atoms with E-state index >= 15 is 0 Å². The molecule has 3 aliphatic heterocycles. The number of likely N-dealkylation sites (tertiary alicyclic amines) is 1. The molecule has 0 aromatic heterocycles. The van der Waals surface area contributed by atoms with Crippen LogP contribution in [0.1, 0.15) is 178 Å². The Morgan fingerprint density at radius 1 is 0.768 bits per heavy atom. The van der Waals surface area contributed by atoms with Gasteiger partial charge in [0.15, 0.2) is 0 Å². The summed E-state index contributed by atoms with van der Waals surface area (Å²) in [4.78, 5) is 127. The number of anilines is 1. The molecule has 2 aromatic rings. The van der Waals surface area contributed by atoms with Crippen LogP contribution in [-0.2, 0) is 43.0 Å². The van der Waals surface area contributed by atoms with Crippen molar-refractivity contribution in [1.82, 2.24) is 35.6 Å². The number of unbranched alkanes of at least 4 members (excludes halogenated alkanes) is 6. The second-order valence-corrected chi connectivity index (χ2v) is 23.5. The summed E-state index contributed by atoms with van der Waals surface area (Å²) in [6.45, 7) is 16.0. The van der Waals surface area contributed by atoms with Crippen LogP contribution in [-0.4, -0.2) is 168 Å². The summed E-state index contributed by atoms with van der Waals surface area (Å²) >= 11 is 0. The number of methoxy groups -OCH3 is 2. The number of amides is 9. The lowest BCUT2D eigenvalue weighted by Crippen LogP contribution is -2.60. The van der Waals surface area contributed by atoms with E-state index in [2.05, 4.69) is 21.3 Å². The Bertz CT molecular complexity index is 2530. The van der Waals surface area contributed by atoms with Crippen LogP contribution in [0.25, 0.3) is 0 Å². The average Bonchev–Trinajstić information content (AvgIpc) is 4.25. The van der Waals surface area contributed by atoms with Crippen molar-refractivity contribution in [3.63, 3.8) is 0 Å². The van der Waals surface area contributed by atoms with Crippen LogP contribution in [0, 0.1) is 23.7 Å². The molecule has 454 valence electrons. The van der Waals surface area contributed by atoms with Gasteiger partial charge in [-0.15, -0.1) is 0 Å². The molecule has 2 aromatic carbocycles. The van der Waals surface area contributed by atoms with Gasteiger partial charge in [0.05, 0.1) is 59.9 Å². The second kappa shape index (κ2) is 31.4. The van der Waals surface area contributed by atoms with Gasteiger partial charge in [-0.1, -0.05) is 123 Å². The number of carbonyl (C=O) groups excluding carboxylic acids is 9. The quantitative estimate of drug-likeness (QED) is 0.0393. The summed E-state index contributed by atoms with van der Waals surface area (Å²) in [5.74, 6) is -4.94. The zero-order valence-electron chi connectivity index (χ0n) is 50.7. The SMILES string of the molecule is CCC(C)C(C(CC(=O)N1CCCC1C(OC)C(C)C(=O)NC(C)C(O)c1ccccc1)OC)N(C)C(=O)C(NC(=O)C(C(C)C)N(C)C(=O)CCCCCCCCCNc1cccc2c1C(=O)N(C1CCC(=O)NC1=O)C2=O)C(C)C. The molecule has 9 amide bonds. The van der Waals surface area contributed by atoms with Crippen LogP contribution >= 0.6 is 0 Å². The monoisotopic (exact) mass is 1140 g/mol. The van der Waals surface area contributed by atoms with Crippen molar-refractivity contribution in [3.8, 4) is 0 Å². The van der Waals surface area contributed by atoms with E-state index in [1.165, 1.54) is 19.1 Å². The minimum absolute atomic E-state index is 0.0407. The maximum absolute atomic E-state index is 14.7. The summed E-state index contributed by atoms with van der Waals surface area (Å²) in [6.07, 6.45) is 6.20. The lowest BCUT2D eigenvalue weighted by atomic mass is 9.89. The molecule has 2 fully saturated rings. The number of imide groups is 2. The van der Waals surface area contributed by atoms with Crippen LogP contribution in [0.3, 0.4) is 0 Å². The molecule has 0 bridgehead atoms. The third-order valence-corrected chi connectivity index (χ3v) is 17.0. The lowest BCUT2D eigenvalue weighted by molar-refractivity contribution is -0.148. The number of piperidine rings is 1. The Kier molecular flexibility index (Phi) is 25.5. The molecule has 20 heteroatoms. The van der Waals surface area contributed by atoms with Crippen molar-refractivity contribution in [2.24, 2.45) is 23.7 Å². The van der Waals surface area contributed by atoms with Gasteiger partial charge in [0.1, 0.15) is 18.1 Å². The number of hydrogen-bond donors (Lipinski definition) is 5. The first-order valence-corrected chi connectivity index (χ1v) is 29.8. The lowest BCUT2D eigenvalue weighted by Gasteiger charge is -2.41. The molecule has 0 saturated carbocycles. The van der Waals surface area contributed by atoms with Crippen LogP contribution < -0.4 is 21.3 Å². The van der Waals surface area contributed by atoms with E-state index < -0.39 is 90.0 Å². The Labute approximate surface area is 485 Å². The topological polar surface area (TPSA) is 253 Å². The third kappa shape index (κ3) is 16.5. The standard InChI is InChI=1S/C62H94N8O12/c1-13-39(6)54(47(81-11)36-50(73)69-35-25-30-45(69)56(82-12)40(7)57(75)64-41(8)55(74)42-26-20-19-21-27-42)68(10)62(80)52(37(2)3)66-59(77)53(38(4)5)67(9)49(72)31-22-17-15-14-16-18-23-34-63-44-29-24-28-43-51(44)61(79)70(60(43)78)46-32-33-48(71)65-58(46)76/h19-21,24,26-29,37-41,45-47,52-56,63,74H,13-18,22-23,25,30-36H2,1-12H3,(H,64,75)(H,66,77)(H,65,71,76). The first-order chi connectivity index (χ1) is 39.0. The number of nitrogens with one attached hydrogen (secondary N) is 4. The van der Waals surface area contributed by atoms with Gasteiger partial charge in [0.2, 0.25) is 41.4 Å². The minimum atomic E-state index is -1.03. The Morgan fingerprint density at radius 2 is 1.43 bits per heavy atom. The van der Waals surface area contributed by atoms with Crippen molar-refractivity contribution in [3.05, 3.63) is 65.2 Å². The molecule has 11 atom stereocenters. The van der Waals surface area contributed by atoms with Crippen molar-refractivity contribution in [2.45, 2.75) is 200 Å². The predicted octanol–water partition coefficient (Wildman–Crippen LogP) is 6.40. The normalized spacial score (nSPS) is 19.6.